The average Bonchev–Trinajstić information content (AvgIpc) is 3.76. The van der Waals surface area contributed by atoms with E-state index in [1.165, 1.54) is 25.2 Å². The first-order valence-corrected chi connectivity index (χ1v) is 18.7. The van der Waals surface area contributed by atoms with Gasteiger partial charge in [-0.15, -0.1) is 0 Å². The lowest BCUT2D eigenvalue weighted by Gasteiger charge is -2.39. The standard InChI is InChI=1S/C45H46N2O7/c1-26(48)53-25-36-34-13-14-35-41-31(19-32(49)21-39(41)52-3)23-45(42(35)44(34)54-43(36)28-10-15-37(50)38(20-28)51-2)18-17-29(22-45)33(30-11-16-40(46)47-24-30)12-9-27-7-5-4-6-8-27/h4-8,10-11,13-16,19-21,24,29,33,36,43,49-50H,9,12,17-18,22-23,25H2,1-3H3,(H2,46,47)/t29-,33+,36+,43-,45+/m1/s1. The number of aromatic nitrogens is 1. The van der Waals surface area contributed by atoms with Crippen LogP contribution in [0.1, 0.15) is 83.9 Å². The molecule has 2 aliphatic carbocycles. The molecule has 278 valence electrons. The van der Waals surface area contributed by atoms with Crippen LogP contribution in [0.4, 0.5) is 5.82 Å². The zero-order valence-electron chi connectivity index (χ0n) is 30.9. The summed E-state index contributed by atoms with van der Waals surface area (Å²) in [5, 5.41) is 21.3. The monoisotopic (exact) mass is 726 g/mol. The Kier molecular flexibility index (Phi) is 9.34. The maximum atomic E-state index is 12.2. The van der Waals surface area contributed by atoms with E-state index in [4.69, 9.17) is 24.7 Å². The van der Waals surface area contributed by atoms with Gasteiger partial charge in [0.25, 0.3) is 0 Å². The minimum absolute atomic E-state index is 0.0340. The first-order chi connectivity index (χ1) is 26.2. The highest BCUT2D eigenvalue weighted by molar-refractivity contribution is 5.84. The van der Waals surface area contributed by atoms with E-state index < -0.39 is 6.10 Å². The summed E-state index contributed by atoms with van der Waals surface area (Å²) in [5.41, 5.74) is 14.2. The second-order valence-corrected chi connectivity index (χ2v) is 15.1. The Hall–Kier alpha value is -5.70. The second kappa shape index (κ2) is 14.3. The summed E-state index contributed by atoms with van der Waals surface area (Å²) in [4.78, 5) is 16.7. The van der Waals surface area contributed by atoms with Crippen LogP contribution in [0.25, 0.3) is 11.1 Å². The Labute approximate surface area is 315 Å². The first-order valence-electron chi connectivity index (χ1n) is 18.7. The topological polar surface area (TPSA) is 133 Å². The zero-order valence-corrected chi connectivity index (χ0v) is 30.9. The van der Waals surface area contributed by atoms with Gasteiger partial charge in [0.15, 0.2) is 11.5 Å². The number of nitrogens with zero attached hydrogens (tertiary/aromatic N) is 1. The number of fused-ring (bicyclic) bond motifs is 6. The lowest BCUT2D eigenvalue weighted by molar-refractivity contribution is -0.141. The molecule has 0 bridgehead atoms. The third kappa shape index (κ3) is 6.35. The highest BCUT2D eigenvalue weighted by Crippen LogP contribution is 2.63. The molecule has 9 nitrogen and oxygen atoms in total. The summed E-state index contributed by atoms with van der Waals surface area (Å²) in [7, 11) is 3.15. The molecule has 0 radical (unpaired) electrons. The van der Waals surface area contributed by atoms with E-state index in [2.05, 4.69) is 53.5 Å². The van der Waals surface area contributed by atoms with E-state index in [-0.39, 0.29) is 41.3 Å². The number of hydrogen-bond donors (Lipinski definition) is 3. The molecule has 0 saturated heterocycles. The molecule has 4 N–H and O–H groups in total. The number of anilines is 1. The van der Waals surface area contributed by atoms with E-state index in [1.807, 2.05) is 24.4 Å². The molecule has 3 aliphatic rings. The maximum absolute atomic E-state index is 12.2. The van der Waals surface area contributed by atoms with Crippen LogP contribution in [-0.4, -0.2) is 42.0 Å². The van der Waals surface area contributed by atoms with E-state index >= 15 is 0 Å². The van der Waals surface area contributed by atoms with Crippen molar-refractivity contribution in [2.75, 3.05) is 26.6 Å². The molecule has 5 atom stereocenters. The Morgan fingerprint density at radius 2 is 1.81 bits per heavy atom. The third-order valence-corrected chi connectivity index (χ3v) is 12.0. The van der Waals surface area contributed by atoms with E-state index in [0.717, 1.165) is 71.2 Å². The molecule has 8 rings (SSSR count). The van der Waals surface area contributed by atoms with Crippen LogP contribution in [0.5, 0.6) is 28.7 Å². The average molecular weight is 727 g/mol. The summed E-state index contributed by atoms with van der Waals surface area (Å²) in [6.07, 6.45) is 6.86. The molecule has 1 fully saturated rings. The van der Waals surface area contributed by atoms with Crippen molar-refractivity contribution in [2.45, 2.75) is 68.8 Å². The quantitative estimate of drug-likeness (QED) is 0.121. The molecule has 0 unspecified atom stereocenters. The highest BCUT2D eigenvalue weighted by atomic mass is 16.5. The molecule has 5 aromatic rings. The van der Waals surface area contributed by atoms with Gasteiger partial charge < -0.3 is 34.9 Å². The SMILES string of the molecule is COc1cc([C@H]2Oc3c(ccc4c3[C@]3(CC[C@@H]([C@H](CCc5ccccc5)c5ccc(N)nc5)C3)Cc3cc(O)cc(OC)c3-4)[C@@H]2COC(C)=O)ccc1O. The number of hydrogen-bond acceptors (Lipinski definition) is 9. The summed E-state index contributed by atoms with van der Waals surface area (Å²) in [6.45, 7) is 1.54. The van der Waals surface area contributed by atoms with E-state index in [9.17, 15) is 15.0 Å². The van der Waals surface area contributed by atoms with Gasteiger partial charge in [-0.2, -0.15) is 0 Å². The maximum Gasteiger partial charge on any atom is 0.302 e. The first kappa shape index (κ1) is 35.3. The summed E-state index contributed by atoms with van der Waals surface area (Å²) < 4.78 is 24.2. The molecule has 1 aromatic heterocycles. The van der Waals surface area contributed by atoms with Gasteiger partial charge in [0.05, 0.1) is 20.1 Å². The molecular formula is C45H46N2O7. The smallest absolute Gasteiger partial charge is 0.302 e. The Balaban J connectivity index is 1.26. The normalized spacial score (nSPS) is 21.4. The van der Waals surface area contributed by atoms with Crippen molar-refractivity contribution in [1.29, 1.82) is 0 Å². The van der Waals surface area contributed by atoms with Crippen LogP contribution in [-0.2, 0) is 27.8 Å². The highest BCUT2D eigenvalue weighted by Gasteiger charge is 2.51. The lowest BCUT2D eigenvalue weighted by Crippen LogP contribution is -2.31. The molecule has 9 heteroatoms. The van der Waals surface area contributed by atoms with Gasteiger partial charge in [-0.25, -0.2) is 4.98 Å². The predicted octanol–water partition coefficient (Wildman–Crippen LogP) is 8.55. The Bertz CT molecular complexity index is 2190. The van der Waals surface area contributed by atoms with Crippen LogP contribution in [0.15, 0.2) is 91.1 Å². The number of aromatic hydroxyl groups is 2. The number of carbonyl (C=O) groups is 1. The number of benzene rings is 4. The number of phenolic OH excluding ortho intramolecular Hbond substituents is 2. The van der Waals surface area contributed by atoms with Gasteiger partial charge in [-0.1, -0.05) is 54.6 Å². The van der Waals surface area contributed by atoms with Crippen LogP contribution < -0.4 is 19.9 Å². The number of rotatable bonds is 10. The van der Waals surface area contributed by atoms with Crippen LogP contribution in [0.2, 0.25) is 0 Å². The van der Waals surface area contributed by atoms with Gasteiger partial charge in [0, 0.05) is 41.3 Å². The fourth-order valence-corrected chi connectivity index (χ4v) is 9.57. The molecular weight excluding hydrogens is 681 g/mol. The van der Waals surface area contributed by atoms with Gasteiger partial charge in [0.2, 0.25) is 0 Å². The van der Waals surface area contributed by atoms with Crippen LogP contribution in [0, 0.1) is 5.92 Å². The van der Waals surface area contributed by atoms with Gasteiger partial charge in [-0.3, -0.25) is 4.79 Å². The molecule has 1 spiro atoms. The van der Waals surface area contributed by atoms with Crippen LogP contribution >= 0.6 is 0 Å². The number of esters is 1. The van der Waals surface area contributed by atoms with Gasteiger partial charge in [-0.05, 0) is 102 Å². The van der Waals surface area contributed by atoms with Crippen molar-refractivity contribution in [3.8, 4) is 39.9 Å². The number of phenols is 2. The molecule has 4 aromatic carbocycles. The molecule has 1 aliphatic heterocycles. The van der Waals surface area contributed by atoms with Crippen molar-refractivity contribution < 1.29 is 34.0 Å². The number of carbonyl (C=O) groups excluding carboxylic acids is 1. The number of pyridine rings is 1. The molecule has 54 heavy (non-hydrogen) atoms. The van der Waals surface area contributed by atoms with Crippen molar-refractivity contribution in [1.82, 2.24) is 4.98 Å². The summed E-state index contributed by atoms with van der Waals surface area (Å²) >= 11 is 0. The number of nitrogens with two attached hydrogens (primary N) is 1. The van der Waals surface area contributed by atoms with Crippen molar-refractivity contribution in [3.63, 3.8) is 0 Å². The number of methoxy groups -OCH3 is 2. The molecule has 0 amide bonds. The van der Waals surface area contributed by atoms with E-state index in [1.54, 1.807) is 25.3 Å². The minimum Gasteiger partial charge on any atom is -0.508 e. The third-order valence-electron chi connectivity index (χ3n) is 12.0. The number of ether oxygens (including phenoxy) is 4. The predicted molar refractivity (Wildman–Crippen MR) is 206 cm³/mol. The fraction of sp³-hybridized carbons (Fsp3) is 0.333. The van der Waals surface area contributed by atoms with Crippen molar-refractivity contribution in [2.24, 2.45) is 5.92 Å². The number of aryl methyl sites for hydroxylation is 1. The van der Waals surface area contributed by atoms with E-state index in [0.29, 0.717) is 29.7 Å². The Morgan fingerprint density at radius 1 is 1.00 bits per heavy atom. The lowest BCUT2D eigenvalue weighted by atomic mass is 9.64. The van der Waals surface area contributed by atoms with Crippen molar-refractivity contribution in [3.05, 3.63) is 125 Å². The largest absolute Gasteiger partial charge is 0.508 e. The summed E-state index contributed by atoms with van der Waals surface area (Å²) in [5.74, 6) is 2.37. The summed E-state index contributed by atoms with van der Waals surface area (Å²) in [6, 6.07) is 27.7. The molecule has 2 heterocycles. The number of nitrogen functional groups attached to an aromatic ring is 1. The fourth-order valence-electron chi connectivity index (χ4n) is 9.57. The second-order valence-electron chi connectivity index (χ2n) is 15.1. The van der Waals surface area contributed by atoms with Gasteiger partial charge >= 0.3 is 5.97 Å². The van der Waals surface area contributed by atoms with Crippen LogP contribution in [0.3, 0.4) is 0 Å². The molecule has 1 saturated carbocycles. The van der Waals surface area contributed by atoms with Crippen molar-refractivity contribution >= 4 is 11.8 Å². The van der Waals surface area contributed by atoms with Gasteiger partial charge in [0.1, 0.15) is 35.8 Å². The zero-order chi connectivity index (χ0) is 37.6. The Morgan fingerprint density at radius 3 is 2.56 bits per heavy atom. The minimum atomic E-state index is -0.503.